The van der Waals surface area contributed by atoms with Crippen molar-refractivity contribution in [3.63, 3.8) is 0 Å². The summed E-state index contributed by atoms with van der Waals surface area (Å²) >= 11 is 0. The molecule has 1 amide bonds. The first-order chi connectivity index (χ1) is 17.7. The zero-order valence-corrected chi connectivity index (χ0v) is 19.5. The molecule has 0 spiro atoms. The van der Waals surface area contributed by atoms with Gasteiger partial charge in [0.2, 0.25) is 0 Å². The average Bonchev–Trinajstić information content (AvgIpc) is 3.55. The van der Waals surface area contributed by atoms with Crippen molar-refractivity contribution in [2.75, 3.05) is 6.54 Å². The van der Waals surface area contributed by atoms with Gasteiger partial charge >= 0.3 is 24.4 Å². The summed E-state index contributed by atoms with van der Waals surface area (Å²) in [6, 6.07) is 7.26. The van der Waals surface area contributed by atoms with Crippen LogP contribution < -0.4 is 15.4 Å². The lowest BCUT2D eigenvalue weighted by atomic mass is 10.1. The molecule has 0 unspecified atom stereocenters. The number of oxazole rings is 1. The number of carbonyl (C=O) groups is 2. The molecule has 2 atom stereocenters. The topological polar surface area (TPSA) is 132 Å². The number of alkyl halides is 6. The number of ether oxygens (including phenoxy) is 1. The van der Waals surface area contributed by atoms with E-state index in [1.807, 2.05) is 17.7 Å². The molecular formula is C22H21F6N5O5. The van der Waals surface area contributed by atoms with Crippen LogP contribution in [0, 0.1) is 6.92 Å². The van der Waals surface area contributed by atoms with Gasteiger partial charge in [-0.2, -0.15) is 18.3 Å². The summed E-state index contributed by atoms with van der Waals surface area (Å²) < 4.78 is 80.2. The molecule has 1 aromatic carbocycles. The van der Waals surface area contributed by atoms with E-state index in [2.05, 4.69) is 25.5 Å². The summed E-state index contributed by atoms with van der Waals surface area (Å²) in [5.74, 6) is -3.63. The van der Waals surface area contributed by atoms with Crippen LogP contribution in [-0.4, -0.2) is 62.9 Å². The zero-order chi connectivity index (χ0) is 28.1. The van der Waals surface area contributed by atoms with Crippen LogP contribution in [0.4, 0.5) is 26.3 Å². The second-order valence-electron chi connectivity index (χ2n) is 8.07. The molecule has 2 aromatic heterocycles. The van der Waals surface area contributed by atoms with Crippen molar-refractivity contribution in [1.29, 1.82) is 0 Å². The third-order valence-electron chi connectivity index (χ3n) is 5.17. The van der Waals surface area contributed by atoms with Crippen LogP contribution >= 0.6 is 0 Å². The van der Waals surface area contributed by atoms with E-state index in [4.69, 9.17) is 14.3 Å². The number of carboxylic acid groups (broad SMARTS) is 1. The Hall–Kier alpha value is -4.08. The fourth-order valence-electron chi connectivity index (χ4n) is 3.47. The molecule has 0 radical (unpaired) electrons. The van der Waals surface area contributed by atoms with Crippen molar-refractivity contribution < 1.29 is 50.2 Å². The lowest BCUT2D eigenvalue weighted by Crippen LogP contribution is -2.36. The van der Waals surface area contributed by atoms with Gasteiger partial charge in [0.25, 0.3) is 5.89 Å². The Morgan fingerprint density at radius 3 is 2.55 bits per heavy atom. The molecule has 0 aliphatic carbocycles. The van der Waals surface area contributed by atoms with Gasteiger partial charge in [0.15, 0.2) is 5.76 Å². The average molecular weight is 549 g/mol. The maximum Gasteiger partial charge on any atom is 0.573 e. The van der Waals surface area contributed by atoms with Gasteiger partial charge in [-0.15, -0.1) is 13.2 Å². The SMILES string of the molecule is Cc1ccnn1C[C@@H]1C[C@@H](NC(=O)c2ncc(-c3cccc(OC(F)(F)F)c3)o2)CN1.O=C(O)C(F)(F)F. The molecule has 4 rings (SSSR count). The Labute approximate surface area is 210 Å². The Morgan fingerprint density at radius 2 is 1.95 bits per heavy atom. The molecule has 1 aliphatic heterocycles. The molecule has 10 nitrogen and oxygen atoms in total. The standard InChI is InChI=1S/C20H20F3N5O3.C2HF3O2/c1-12-5-6-26-28(12)11-15-8-14(9-24-15)27-18(29)19-25-10-17(30-19)13-3-2-4-16(7-13)31-20(21,22)23;3-2(4,5)1(6)7/h2-7,10,14-15,24H,8-9,11H2,1H3,(H,27,29);(H,6,7)/t14-,15+;/m1./s1. The molecule has 206 valence electrons. The maximum atomic E-state index is 12.5. The number of benzene rings is 1. The highest BCUT2D eigenvalue weighted by Crippen LogP contribution is 2.28. The number of halogens is 6. The van der Waals surface area contributed by atoms with E-state index < -0.39 is 24.4 Å². The number of rotatable bonds is 6. The van der Waals surface area contributed by atoms with Crippen molar-refractivity contribution in [2.24, 2.45) is 0 Å². The lowest BCUT2D eigenvalue weighted by Gasteiger charge is -2.12. The number of carboxylic acids is 1. The highest BCUT2D eigenvalue weighted by atomic mass is 19.4. The van der Waals surface area contributed by atoms with Crippen LogP contribution in [0.3, 0.4) is 0 Å². The number of carbonyl (C=O) groups excluding carboxylic acids is 1. The minimum absolute atomic E-state index is 0.104. The van der Waals surface area contributed by atoms with Gasteiger partial charge in [-0.1, -0.05) is 12.1 Å². The number of aromatic nitrogens is 3. The lowest BCUT2D eigenvalue weighted by molar-refractivity contribution is -0.274. The van der Waals surface area contributed by atoms with Crippen LogP contribution in [0.15, 0.2) is 47.1 Å². The summed E-state index contributed by atoms with van der Waals surface area (Å²) in [6.45, 7) is 3.28. The third kappa shape index (κ3) is 8.22. The van der Waals surface area contributed by atoms with Gasteiger partial charge in [0.05, 0.1) is 12.7 Å². The van der Waals surface area contributed by atoms with Gasteiger partial charge in [-0.25, -0.2) is 9.78 Å². The highest BCUT2D eigenvalue weighted by molar-refractivity contribution is 5.90. The number of hydrogen-bond donors (Lipinski definition) is 3. The van der Waals surface area contributed by atoms with Crippen LogP contribution in [0.5, 0.6) is 5.75 Å². The Bertz CT molecular complexity index is 1260. The van der Waals surface area contributed by atoms with Crippen molar-refractivity contribution in [3.05, 3.63) is 54.3 Å². The maximum absolute atomic E-state index is 12.5. The van der Waals surface area contributed by atoms with Gasteiger partial charge in [-0.3, -0.25) is 9.48 Å². The number of amides is 1. The van der Waals surface area contributed by atoms with Crippen molar-refractivity contribution in [2.45, 2.75) is 44.5 Å². The van der Waals surface area contributed by atoms with Crippen LogP contribution in [0.25, 0.3) is 11.3 Å². The van der Waals surface area contributed by atoms with Gasteiger partial charge in [-0.05, 0) is 31.5 Å². The molecule has 38 heavy (non-hydrogen) atoms. The molecular weight excluding hydrogens is 528 g/mol. The molecule has 3 aromatic rings. The Kier molecular flexibility index (Phi) is 8.65. The van der Waals surface area contributed by atoms with E-state index in [-0.39, 0.29) is 29.5 Å². The Balaban J connectivity index is 0.000000505. The van der Waals surface area contributed by atoms with Crippen LogP contribution in [0.1, 0.15) is 22.8 Å². The normalized spacial score (nSPS) is 17.4. The largest absolute Gasteiger partial charge is 0.573 e. The zero-order valence-electron chi connectivity index (χ0n) is 19.5. The number of nitrogens with zero attached hydrogens (tertiary/aromatic N) is 3. The van der Waals surface area contributed by atoms with Gasteiger partial charge < -0.3 is 24.9 Å². The number of hydrogen-bond acceptors (Lipinski definition) is 7. The van der Waals surface area contributed by atoms with E-state index >= 15 is 0 Å². The molecule has 3 N–H and O–H groups in total. The molecule has 0 bridgehead atoms. The summed E-state index contributed by atoms with van der Waals surface area (Å²) in [5.41, 5.74) is 1.37. The minimum atomic E-state index is -5.08. The summed E-state index contributed by atoms with van der Waals surface area (Å²) in [5, 5.41) is 17.6. The smallest absolute Gasteiger partial charge is 0.475 e. The van der Waals surface area contributed by atoms with Crippen LogP contribution in [-0.2, 0) is 11.3 Å². The van der Waals surface area contributed by atoms with Gasteiger partial charge in [0, 0.05) is 36.1 Å². The molecule has 1 aliphatic rings. The predicted molar refractivity (Wildman–Crippen MR) is 117 cm³/mol. The van der Waals surface area contributed by atoms with E-state index in [1.165, 1.54) is 30.5 Å². The molecule has 3 heterocycles. The second kappa shape index (κ2) is 11.5. The highest BCUT2D eigenvalue weighted by Gasteiger charge is 2.38. The first kappa shape index (κ1) is 28.5. The number of aryl methyl sites for hydroxylation is 1. The van der Waals surface area contributed by atoms with E-state index in [0.717, 1.165) is 12.1 Å². The summed E-state index contributed by atoms with van der Waals surface area (Å²) in [4.78, 5) is 25.3. The fraction of sp³-hybridized carbons (Fsp3) is 0.364. The molecule has 0 saturated carbocycles. The molecule has 1 saturated heterocycles. The minimum Gasteiger partial charge on any atom is -0.475 e. The summed E-state index contributed by atoms with van der Waals surface area (Å²) in [6.07, 6.45) is -6.13. The van der Waals surface area contributed by atoms with E-state index in [1.54, 1.807) is 6.20 Å². The Morgan fingerprint density at radius 1 is 1.24 bits per heavy atom. The van der Waals surface area contributed by atoms with Crippen molar-refractivity contribution in [3.8, 4) is 17.1 Å². The first-order valence-corrected chi connectivity index (χ1v) is 10.9. The monoisotopic (exact) mass is 549 g/mol. The van der Waals surface area contributed by atoms with E-state index in [0.29, 0.717) is 18.7 Å². The first-order valence-electron chi connectivity index (χ1n) is 10.9. The number of aliphatic carboxylic acids is 1. The summed E-state index contributed by atoms with van der Waals surface area (Å²) in [7, 11) is 0. The molecule has 1 fully saturated rings. The van der Waals surface area contributed by atoms with Crippen molar-refractivity contribution >= 4 is 11.9 Å². The third-order valence-corrected chi connectivity index (χ3v) is 5.17. The van der Waals surface area contributed by atoms with Crippen molar-refractivity contribution in [1.82, 2.24) is 25.4 Å². The second-order valence-corrected chi connectivity index (χ2v) is 8.07. The molecule has 16 heteroatoms. The fourth-order valence-corrected chi connectivity index (χ4v) is 3.47. The predicted octanol–water partition coefficient (Wildman–Crippen LogP) is 3.54. The van der Waals surface area contributed by atoms with Crippen LogP contribution in [0.2, 0.25) is 0 Å². The van der Waals surface area contributed by atoms with E-state index in [9.17, 15) is 31.1 Å². The quantitative estimate of drug-likeness (QED) is 0.398. The van der Waals surface area contributed by atoms with Gasteiger partial charge in [0.1, 0.15) is 5.75 Å². The number of nitrogens with one attached hydrogen (secondary N) is 2.